The molecule has 19 heavy (non-hydrogen) atoms. The van der Waals surface area contributed by atoms with Gasteiger partial charge in [-0.3, -0.25) is 0 Å². The van der Waals surface area contributed by atoms with Crippen molar-refractivity contribution in [3.8, 4) is 0 Å². The van der Waals surface area contributed by atoms with Gasteiger partial charge in [0.1, 0.15) is 0 Å². The molecule has 0 bridgehead atoms. The molecule has 110 valence electrons. The fraction of sp³-hybridized carbons (Fsp3) is 0.750. The van der Waals surface area contributed by atoms with Crippen LogP contribution in [0.1, 0.15) is 6.92 Å². The summed E-state index contributed by atoms with van der Waals surface area (Å²) in [7, 11) is -3.48. The highest BCUT2D eigenvalue weighted by molar-refractivity contribution is 6.86. The molecule has 0 heterocycles. The average molecular weight is 311 g/mol. The number of hydrogen-bond donors (Lipinski definition) is 0. The number of rotatable bonds is 3. The second-order valence-electron chi connectivity index (χ2n) is 9.50. The number of hydrogen-bond acceptors (Lipinski definition) is 0. The van der Waals surface area contributed by atoms with Crippen LogP contribution in [0.4, 0.5) is 0 Å². The summed E-state index contributed by atoms with van der Waals surface area (Å²) < 4.78 is 0. The minimum Gasteiger partial charge on any atom is -0.0845 e. The molecular formula is C16H34Si3. The van der Waals surface area contributed by atoms with Gasteiger partial charge in [0.25, 0.3) is 0 Å². The largest absolute Gasteiger partial charge is 0.0845 e. The second-order valence-corrected chi connectivity index (χ2v) is 25.3. The van der Waals surface area contributed by atoms with E-state index in [1.54, 1.807) is 10.8 Å². The van der Waals surface area contributed by atoms with E-state index in [-0.39, 0.29) is 0 Å². The molecule has 0 unspecified atom stereocenters. The Morgan fingerprint density at radius 2 is 1.26 bits per heavy atom. The topological polar surface area (TPSA) is 0 Å². The molecule has 0 radical (unpaired) electrons. The molecule has 3 heteroatoms. The maximum atomic E-state index is 2.72. The van der Waals surface area contributed by atoms with E-state index < -0.39 is 24.2 Å². The quantitative estimate of drug-likeness (QED) is 0.547. The first kappa shape index (κ1) is 17.2. The third-order valence-corrected chi connectivity index (χ3v) is 11.9. The maximum absolute atomic E-state index is 2.72. The van der Waals surface area contributed by atoms with Crippen LogP contribution in [0, 0.1) is 0 Å². The van der Waals surface area contributed by atoms with E-state index in [4.69, 9.17) is 0 Å². The molecule has 0 nitrogen and oxygen atoms in total. The highest BCUT2D eigenvalue weighted by Crippen LogP contribution is 2.50. The summed E-state index contributed by atoms with van der Waals surface area (Å²) >= 11 is 0. The van der Waals surface area contributed by atoms with Crippen molar-refractivity contribution in [2.75, 3.05) is 0 Å². The zero-order chi connectivity index (χ0) is 15.2. The normalized spacial score (nSPS) is 26.0. The van der Waals surface area contributed by atoms with Gasteiger partial charge < -0.3 is 0 Å². The lowest BCUT2D eigenvalue weighted by atomic mass is 10.1. The van der Waals surface area contributed by atoms with Crippen molar-refractivity contribution >= 4 is 24.2 Å². The monoisotopic (exact) mass is 310 g/mol. The molecule has 1 rings (SSSR count). The van der Waals surface area contributed by atoms with Gasteiger partial charge in [-0.15, -0.1) is 0 Å². The van der Waals surface area contributed by atoms with Crippen molar-refractivity contribution in [1.29, 1.82) is 0 Å². The molecule has 0 aromatic rings. The van der Waals surface area contributed by atoms with Crippen LogP contribution in [0.5, 0.6) is 0 Å². The molecule has 0 aromatic carbocycles. The maximum Gasteiger partial charge on any atom is 0.0771 e. The van der Waals surface area contributed by atoms with E-state index in [1.807, 2.05) is 0 Å². The van der Waals surface area contributed by atoms with E-state index in [9.17, 15) is 0 Å². The van der Waals surface area contributed by atoms with Crippen LogP contribution < -0.4 is 0 Å². The fourth-order valence-electron chi connectivity index (χ4n) is 3.39. The Hall–Kier alpha value is 0.131. The van der Waals surface area contributed by atoms with Crippen molar-refractivity contribution < 1.29 is 0 Å². The van der Waals surface area contributed by atoms with Crippen molar-refractivity contribution in [1.82, 2.24) is 0 Å². The van der Waals surface area contributed by atoms with Crippen LogP contribution in [-0.4, -0.2) is 24.2 Å². The molecule has 2 atom stereocenters. The van der Waals surface area contributed by atoms with Gasteiger partial charge in [0.05, 0.1) is 24.2 Å². The van der Waals surface area contributed by atoms with E-state index in [1.165, 1.54) is 0 Å². The molecule has 0 aliphatic heterocycles. The van der Waals surface area contributed by atoms with E-state index in [0.29, 0.717) is 0 Å². The Bertz CT molecular complexity index is 397. The predicted molar refractivity (Wildman–Crippen MR) is 99.4 cm³/mol. The lowest BCUT2D eigenvalue weighted by molar-refractivity contribution is 0.872. The Labute approximate surface area is 124 Å². The fourth-order valence-corrected chi connectivity index (χ4v) is 12.5. The Balaban J connectivity index is 3.34. The zero-order valence-corrected chi connectivity index (χ0v) is 17.8. The van der Waals surface area contributed by atoms with Crippen molar-refractivity contribution in [3.63, 3.8) is 0 Å². The Morgan fingerprint density at radius 3 is 1.58 bits per heavy atom. The van der Waals surface area contributed by atoms with Gasteiger partial charge >= 0.3 is 0 Å². The lowest BCUT2D eigenvalue weighted by Gasteiger charge is -2.45. The van der Waals surface area contributed by atoms with Gasteiger partial charge in [-0.2, -0.15) is 0 Å². The third-order valence-electron chi connectivity index (χ3n) is 4.39. The lowest BCUT2D eigenvalue weighted by Crippen LogP contribution is -2.42. The highest BCUT2D eigenvalue weighted by Gasteiger charge is 2.42. The molecule has 0 N–H and O–H groups in total. The first-order valence-corrected chi connectivity index (χ1v) is 18.3. The molecule has 0 saturated carbocycles. The molecule has 1 aliphatic rings. The third kappa shape index (κ3) is 4.05. The molecule has 0 amide bonds. The standard InChI is InChI=1S/C16H34Si3/c1-13-11-14(17(2,3)4)12-15(18(5,6)7)16(13)19(8,9)10/h11-12,15-16H,1-10H3/t15-,16-/m0/s1. The highest BCUT2D eigenvalue weighted by atomic mass is 28.3. The molecule has 0 aromatic heterocycles. The Morgan fingerprint density at radius 1 is 0.789 bits per heavy atom. The second kappa shape index (κ2) is 5.15. The molecule has 1 aliphatic carbocycles. The summed E-state index contributed by atoms with van der Waals surface area (Å²) in [6.07, 6.45) is 5.28. The van der Waals surface area contributed by atoms with Gasteiger partial charge in [-0.25, -0.2) is 0 Å². The van der Waals surface area contributed by atoms with Crippen LogP contribution in [0.15, 0.2) is 22.9 Å². The first-order chi connectivity index (χ1) is 8.24. The van der Waals surface area contributed by atoms with E-state index >= 15 is 0 Å². The first-order valence-electron chi connectivity index (χ1n) is 7.65. The van der Waals surface area contributed by atoms with Gasteiger partial charge in [-0.05, 0) is 18.0 Å². The van der Waals surface area contributed by atoms with Crippen LogP contribution >= 0.6 is 0 Å². The summed E-state index contributed by atoms with van der Waals surface area (Å²) in [5.74, 6) is 0. The SMILES string of the molecule is CC1=CC([Si](C)(C)C)=C[C@H]([Si](C)(C)C)[C@H]1[Si](C)(C)C. The van der Waals surface area contributed by atoms with Crippen molar-refractivity contribution in [2.24, 2.45) is 0 Å². The van der Waals surface area contributed by atoms with Crippen molar-refractivity contribution in [2.45, 2.75) is 76.9 Å². The minimum atomic E-state index is -1.19. The van der Waals surface area contributed by atoms with Gasteiger partial charge in [0.15, 0.2) is 0 Å². The van der Waals surface area contributed by atoms with Gasteiger partial charge in [0.2, 0.25) is 0 Å². The van der Waals surface area contributed by atoms with Crippen LogP contribution in [0.2, 0.25) is 70.0 Å². The molecular weight excluding hydrogens is 276 g/mol. The average Bonchev–Trinajstić information content (AvgIpc) is 2.11. The predicted octanol–water partition coefficient (Wildman–Crippen LogP) is 6.17. The van der Waals surface area contributed by atoms with Gasteiger partial charge in [-0.1, -0.05) is 81.8 Å². The van der Waals surface area contributed by atoms with Crippen LogP contribution in [0.3, 0.4) is 0 Å². The molecule has 0 spiro atoms. The summed E-state index contributed by atoms with van der Waals surface area (Å²) in [4.78, 5) is 0. The van der Waals surface area contributed by atoms with E-state index in [2.05, 4.69) is 78.0 Å². The zero-order valence-electron chi connectivity index (χ0n) is 14.8. The van der Waals surface area contributed by atoms with Gasteiger partial charge in [0, 0.05) is 0 Å². The summed E-state index contributed by atoms with van der Waals surface area (Å²) in [6.45, 7) is 25.2. The minimum absolute atomic E-state index is 0.853. The number of allylic oxidation sites excluding steroid dienone is 4. The summed E-state index contributed by atoms with van der Waals surface area (Å²) in [5.41, 5.74) is 3.40. The summed E-state index contributed by atoms with van der Waals surface area (Å²) in [5, 5.41) is 1.70. The van der Waals surface area contributed by atoms with Crippen molar-refractivity contribution in [3.05, 3.63) is 22.9 Å². The molecule has 0 fully saturated rings. The molecule has 0 saturated heterocycles. The summed E-state index contributed by atoms with van der Waals surface area (Å²) in [6, 6.07) is 0. The van der Waals surface area contributed by atoms with E-state index in [0.717, 1.165) is 11.1 Å². The smallest absolute Gasteiger partial charge is 0.0771 e. The van der Waals surface area contributed by atoms with Crippen LogP contribution in [-0.2, 0) is 0 Å². The Kier molecular flexibility index (Phi) is 4.66. The van der Waals surface area contributed by atoms with Crippen LogP contribution in [0.25, 0.3) is 0 Å².